The Morgan fingerprint density at radius 2 is 2.04 bits per heavy atom. The average molecular weight is 379 g/mol. The van der Waals surface area contributed by atoms with Crippen molar-refractivity contribution in [1.82, 2.24) is 0 Å². The molecule has 0 radical (unpaired) electrons. The van der Waals surface area contributed by atoms with Gasteiger partial charge in [-0.3, -0.25) is 9.59 Å². The van der Waals surface area contributed by atoms with Gasteiger partial charge in [0.1, 0.15) is 5.75 Å². The molecule has 0 aliphatic carbocycles. The number of nitrogens with one attached hydrogen (secondary N) is 1. The van der Waals surface area contributed by atoms with Crippen LogP contribution in [0.3, 0.4) is 0 Å². The standard InChI is InChI=1S/C22H25N3O3/c1-15-13-20(26)23-17-9-3-4-10-18(17)25(15)21(27)14-24-12-6-8-16-7-5-11-19(28-2)22(16)24/h3-5,7,9-11,15H,6,8,12-14H2,1-2H3,(H,23,26). The van der Waals surface area contributed by atoms with Crippen LogP contribution < -0.4 is 19.9 Å². The number of ether oxygens (including phenoxy) is 1. The summed E-state index contributed by atoms with van der Waals surface area (Å²) < 4.78 is 5.56. The van der Waals surface area contributed by atoms with Crippen molar-refractivity contribution in [2.24, 2.45) is 0 Å². The van der Waals surface area contributed by atoms with Gasteiger partial charge in [0.05, 0.1) is 30.7 Å². The lowest BCUT2D eigenvalue weighted by atomic mass is 10.0. The highest BCUT2D eigenvalue weighted by Crippen LogP contribution is 2.37. The van der Waals surface area contributed by atoms with Crippen molar-refractivity contribution in [2.75, 3.05) is 35.3 Å². The molecule has 0 spiro atoms. The molecule has 0 aromatic heterocycles. The second-order valence-corrected chi connectivity index (χ2v) is 7.38. The van der Waals surface area contributed by atoms with Crippen LogP contribution in [0.15, 0.2) is 42.5 Å². The van der Waals surface area contributed by atoms with Crippen molar-refractivity contribution < 1.29 is 14.3 Å². The van der Waals surface area contributed by atoms with E-state index in [1.165, 1.54) is 5.56 Å². The number of nitrogens with zero attached hydrogens (tertiary/aromatic N) is 2. The van der Waals surface area contributed by atoms with Gasteiger partial charge in [0.15, 0.2) is 0 Å². The van der Waals surface area contributed by atoms with Crippen LogP contribution in [0.5, 0.6) is 5.75 Å². The molecule has 0 fully saturated rings. The molecule has 0 bridgehead atoms. The first-order chi connectivity index (χ1) is 13.6. The van der Waals surface area contributed by atoms with Crippen LogP contribution in [-0.4, -0.2) is 38.1 Å². The molecule has 6 heteroatoms. The van der Waals surface area contributed by atoms with Crippen LogP contribution in [0.25, 0.3) is 0 Å². The Kier molecular flexibility index (Phi) is 4.94. The van der Waals surface area contributed by atoms with E-state index in [-0.39, 0.29) is 30.8 Å². The normalized spacial score (nSPS) is 18.6. The molecule has 146 valence electrons. The number of rotatable bonds is 3. The van der Waals surface area contributed by atoms with E-state index in [1.54, 1.807) is 12.0 Å². The number of amides is 2. The number of benzene rings is 2. The minimum absolute atomic E-state index is 0.0183. The zero-order valence-corrected chi connectivity index (χ0v) is 16.3. The first-order valence-corrected chi connectivity index (χ1v) is 9.70. The summed E-state index contributed by atoms with van der Waals surface area (Å²) in [4.78, 5) is 29.5. The van der Waals surface area contributed by atoms with Crippen LogP contribution in [0.2, 0.25) is 0 Å². The summed E-state index contributed by atoms with van der Waals surface area (Å²) in [6.45, 7) is 2.98. The van der Waals surface area contributed by atoms with Crippen molar-refractivity contribution in [3.8, 4) is 5.75 Å². The highest BCUT2D eigenvalue weighted by atomic mass is 16.5. The summed E-state index contributed by atoms with van der Waals surface area (Å²) in [5, 5.41) is 2.91. The van der Waals surface area contributed by atoms with Gasteiger partial charge in [0, 0.05) is 19.0 Å². The Morgan fingerprint density at radius 1 is 1.21 bits per heavy atom. The lowest BCUT2D eigenvalue weighted by Gasteiger charge is -2.35. The maximum absolute atomic E-state index is 13.4. The van der Waals surface area contributed by atoms with Gasteiger partial charge in [-0.05, 0) is 43.5 Å². The lowest BCUT2D eigenvalue weighted by Crippen LogP contribution is -2.46. The zero-order valence-electron chi connectivity index (χ0n) is 16.3. The van der Waals surface area contributed by atoms with Crippen LogP contribution in [0.1, 0.15) is 25.3 Å². The molecule has 6 nitrogen and oxygen atoms in total. The fourth-order valence-corrected chi connectivity index (χ4v) is 4.23. The topological polar surface area (TPSA) is 61.9 Å². The highest BCUT2D eigenvalue weighted by Gasteiger charge is 2.31. The van der Waals surface area contributed by atoms with Crippen molar-refractivity contribution in [3.63, 3.8) is 0 Å². The summed E-state index contributed by atoms with van der Waals surface area (Å²) in [5.74, 6) is 0.710. The molecule has 28 heavy (non-hydrogen) atoms. The summed E-state index contributed by atoms with van der Waals surface area (Å²) in [7, 11) is 1.66. The number of fused-ring (bicyclic) bond motifs is 2. The number of hydrogen-bond donors (Lipinski definition) is 1. The molecular weight excluding hydrogens is 354 g/mol. The highest BCUT2D eigenvalue weighted by molar-refractivity contribution is 6.05. The maximum Gasteiger partial charge on any atom is 0.246 e. The minimum atomic E-state index is -0.210. The maximum atomic E-state index is 13.4. The predicted molar refractivity (Wildman–Crippen MR) is 110 cm³/mol. The molecule has 1 unspecified atom stereocenters. The number of carbonyl (C=O) groups excluding carboxylic acids is 2. The fourth-order valence-electron chi connectivity index (χ4n) is 4.23. The molecule has 2 aromatic carbocycles. The monoisotopic (exact) mass is 379 g/mol. The lowest BCUT2D eigenvalue weighted by molar-refractivity contribution is -0.118. The van der Waals surface area contributed by atoms with E-state index in [4.69, 9.17) is 4.74 Å². The van der Waals surface area contributed by atoms with Crippen LogP contribution in [0.4, 0.5) is 17.1 Å². The van der Waals surface area contributed by atoms with Crippen LogP contribution >= 0.6 is 0 Å². The van der Waals surface area contributed by atoms with Gasteiger partial charge in [-0.25, -0.2) is 0 Å². The molecule has 1 N–H and O–H groups in total. The molecule has 4 rings (SSSR count). The molecule has 2 aliphatic rings. The number of hydrogen-bond acceptors (Lipinski definition) is 4. The molecule has 0 saturated heterocycles. The van der Waals surface area contributed by atoms with Crippen molar-refractivity contribution in [2.45, 2.75) is 32.2 Å². The molecule has 2 amide bonds. The van der Waals surface area contributed by atoms with Gasteiger partial charge in [-0.2, -0.15) is 0 Å². The molecule has 0 saturated carbocycles. The van der Waals surface area contributed by atoms with Crippen LogP contribution in [-0.2, 0) is 16.0 Å². The SMILES string of the molecule is COc1cccc2c1N(CC(=O)N1c3ccccc3NC(=O)CC1C)CCC2. The molecule has 2 aliphatic heterocycles. The number of aryl methyl sites for hydroxylation is 1. The van der Waals surface area contributed by atoms with Crippen molar-refractivity contribution in [3.05, 3.63) is 48.0 Å². The van der Waals surface area contributed by atoms with Gasteiger partial charge in [0.25, 0.3) is 0 Å². The van der Waals surface area contributed by atoms with Gasteiger partial charge in [-0.15, -0.1) is 0 Å². The van der Waals surface area contributed by atoms with E-state index in [1.807, 2.05) is 43.3 Å². The molecule has 1 atom stereocenters. The Labute approximate surface area is 165 Å². The van der Waals surface area contributed by atoms with E-state index in [0.29, 0.717) is 5.69 Å². The quantitative estimate of drug-likeness (QED) is 0.890. The number of carbonyl (C=O) groups is 2. The number of para-hydroxylation sites is 3. The summed E-state index contributed by atoms with van der Waals surface area (Å²) in [6.07, 6.45) is 2.26. The van der Waals surface area contributed by atoms with Crippen molar-refractivity contribution >= 4 is 28.9 Å². The smallest absolute Gasteiger partial charge is 0.246 e. The second-order valence-electron chi connectivity index (χ2n) is 7.38. The van der Waals surface area contributed by atoms with E-state index >= 15 is 0 Å². The van der Waals surface area contributed by atoms with Crippen LogP contribution in [0, 0.1) is 0 Å². The van der Waals surface area contributed by atoms with Gasteiger partial charge in [0.2, 0.25) is 11.8 Å². The molecular formula is C22H25N3O3. The fraction of sp³-hybridized carbons (Fsp3) is 0.364. The Balaban J connectivity index is 1.66. The average Bonchev–Trinajstić information content (AvgIpc) is 2.81. The minimum Gasteiger partial charge on any atom is -0.495 e. The van der Waals surface area contributed by atoms with E-state index in [2.05, 4.69) is 16.3 Å². The van der Waals surface area contributed by atoms with Gasteiger partial charge in [-0.1, -0.05) is 24.3 Å². The second kappa shape index (κ2) is 7.54. The first kappa shape index (κ1) is 18.3. The number of methoxy groups -OCH3 is 1. The zero-order chi connectivity index (χ0) is 19.7. The van der Waals surface area contributed by atoms with E-state index in [9.17, 15) is 9.59 Å². The Hall–Kier alpha value is -3.02. The van der Waals surface area contributed by atoms with E-state index < -0.39 is 0 Å². The number of anilines is 3. The predicted octanol–water partition coefficient (Wildman–Crippen LogP) is 3.21. The summed E-state index contributed by atoms with van der Waals surface area (Å²) >= 11 is 0. The van der Waals surface area contributed by atoms with Gasteiger partial charge >= 0.3 is 0 Å². The molecule has 2 aromatic rings. The largest absolute Gasteiger partial charge is 0.495 e. The van der Waals surface area contributed by atoms with Crippen molar-refractivity contribution in [1.29, 1.82) is 0 Å². The third-order valence-electron chi connectivity index (χ3n) is 5.45. The van der Waals surface area contributed by atoms with Gasteiger partial charge < -0.3 is 19.9 Å². The first-order valence-electron chi connectivity index (χ1n) is 9.70. The van der Waals surface area contributed by atoms with E-state index in [0.717, 1.165) is 36.5 Å². The summed E-state index contributed by atoms with van der Waals surface area (Å²) in [6, 6.07) is 13.3. The Bertz CT molecular complexity index is 897. The Morgan fingerprint density at radius 3 is 2.86 bits per heavy atom. The third kappa shape index (κ3) is 3.30. The third-order valence-corrected chi connectivity index (χ3v) is 5.45. The summed E-state index contributed by atoms with van der Waals surface area (Å²) in [5.41, 5.74) is 3.65. The molecule has 2 heterocycles.